The highest BCUT2D eigenvalue weighted by molar-refractivity contribution is 5.84. The molecule has 1 fully saturated rings. The number of methoxy groups -OCH3 is 1. The van der Waals surface area contributed by atoms with Gasteiger partial charge < -0.3 is 9.64 Å². The highest BCUT2D eigenvalue weighted by Crippen LogP contribution is 2.30. The smallest absolute Gasteiger partial charge is 0.241 e. The van der Waals surface area contributed by atoms with Crippen LogP contribution in [0.1, 0.15) is 45.3 Å². The Bertz CT molecular complexity index is 472. The van der Waals surface area contributed by atoms with Gasteiger partial charge in [-0.1, -0.05) is 39.3 Å². The molecule has 0 radical (unpaired) electrons. The molecule has 0 spiro atoms. The zero-order chi connectivity index (χ0) is 15.4. The molecule has 1 saturated heterocycles. The van der Waals surface area contributed by atoms with Crippen molar-refractivity contribution in [3.05, 3.63) is 29.8 Å². The molecule has 3 atom stereocenters. The molecule has 4 nitrogen and oxygen atoms in total. The first-order chi connectivity index (χ1) is 10.1. The molecule has 116 valence electrons. The van der Waals surface area contributed by atoms with Gasteiger partial charge in [0.15, 0.2) is 0 Å². The maximum Gasteiger partial charge on any atom is 0.241 e. The van der Waals surface area contributed by atoms with Gasteiger partial charge in [0, 0.05) is 6.54 Å². The fraction of sp³-hybridized carbons (Fsp3) is 0.588. The van der Waals surface area contributed by atoms with Crippen molar-refractivity contribution in [1.82, 2.24) is 10.2 Å². The van der Waals surface area contributed by atoms with Gasteiger partial charge in [-0.15, -0.1) is 0 Å². The summed E-state index contributed by atoms with van der Waals surface area (Å²) in [4.78, 5) is 14.6. The van der Waals surface area contributed by atoms with Crippen LogP contribution >= 0.6 is 0 Å². The Morgan fingerprint density at radius 3 is 2.48 bits per heavy atom. The van der Waals surface area contributed by atoms with Crippen LogP contribution in [0.3, 0.4) is 0 Å². The average molecular weight is 290 g/mol. The molecule has 2 rings (SSSR count). The second kappa shape index (κ2) is 6.94. The molecule has 3 unspecified atom stereocenters. The lowest BCUT2D eigenvalue weighted by atomic mass is 9.99. The van der Waals surface area contributed by atoms with Crippen LogP contribution in [0.25, 0.3) is 0 Å². The predicted molar refractivity (Wildman–Crippen MR) is 84.1 cm³/mol. The van der Waals surface area contributed by atoms with Gasteiger partial charge in [-0.2, -0.15) is 0 Å². The Balaban J connectivity index is 2.24. The van der Waals surface area contributed by atoms with E-state index >= 15 is 0 Å². The SMILES string of the molecule is CCCN1C(=O)C(C(C)CC)NC1c1ccc(OC)cc1. The molecule has 1 aliphatic heterocycles. The Labute approximate surface area is 127 Å². The molecule has 1 aliphatic rings. The van der Waals surface area contributed by atoms with Crippen molar-refractivity contribution in [2.45, 2.75) is 45.8 Å². The summed E-state index contributed by atoms with van der Waals surface area (Å²) in [7, 11) is 1.66. The number of nitrogens with one attached hydrogen (secondary N) is 1. The molecule has 0 bridgehead atoms. The third-order valence-electron chi connectivity index (χ3n) is 4.31. The second-order valence-corrected chi connectivity index (χ2v) is 5.74. The lowest BCUT2D eigenvalue weighted by molar-refractivity contribution is -0.131. The largest absolute Gasteiger partial charge is 0.497 e. The van der Waals surface area contributed by atoms with E-state index in [0.717, 1.165) is 30.7 Å². The molecule has 21 heavy (non-hydrogen) atoms. The fourth-order valence-electron chi connectivity index (χ4n) is 2.82. The van der Waals surface area contributed by atoms with Crippen molar-refractivity contribution >= 4 is 5.91 Å². The second-order valence-electron chi connectivity index (χ2n) is 5.74. The van der Waals surface area contributed by atoms with E-state index in [1.54, 1.807) is 7.11 Å². The number of amides is 1. The maximum absolute atomic E-state index is 12.6. The van der Waals surface area contributed by atoms with Crippen LogP contribution in [-0.2, 0) is 4.79 Å². The number of benzene rings is 1. The highest BCUT2D eigenvalue weighted by atomic mass is 16.5. The van der Waals surface area contributed by atoms with Crippen LogP contribution in [0.2, 0.25) is 0 Å². The van der Waals surface area contributed by atoms with Gasteiger partial charge in [0.2, 0.25) is 5.91 Å². The summed E-state index contributed by atoms with van der Waals surface area (Å²) in [6, 6.07) is 7.88. The summed E-state index contributed by atoms with van der Waals surface area (Å²) >= 11 is 0. The molecule has 0 aliphatic carbocycles. The number of hydrogen-bond donors (Lipinski definition) is 1. The van der Waals surface area contributed by atoms with Gasteiger partial charge in [-0.25, -0.2) is 0 Å². The molecule has 1 aromatic carbocycles. The minimum Gasteiger partial charge on any atom is -0.497 e. The van der Waals surface area contributed by atoms with E-state index in [1.807, 2.05) is 29.2 Å². The van der Waals surface area contributed by atoms with Gasteiger partial charge in [-0.3, -0.25) is 10.1 Å². The Morgan fingerprint density at radius 1 is 1.29 bits per heavy atom. The van der Waals surface area contributed by atoms with Crippen LogP contribution in [0.4, 0.5) is 0 Å². The van der Waals surface area contributed by atoms with Crippen molar-refractivity contribution in [3.63, 3.8) is 0 Å². The van der Waals surface area contributed by atoms with E-state index in [-0.39, 0.29) is 18.1 Å². The Kier molecular flexibility index (Phi) is 5.23. The van der Waals surface area contributed by atoms with Crippen molar-refractivity contribution in [2.24, 2.45) is 5.92 Å². The predicted octanol–water partition coefficient (Wildman–Crippen LogP) is 2.95. The van der Waals surface area contributed by atoms with Crippen LogP contribution in [-0.4, -0.2) is 30.5 Å². The van der Waals surface area contributed by atoms with E-state index in [1.165, 1.54) is 0 Å². The lowest BCUT2D eigenvalue weighted by Gasteiger charge is -2.24. The fourth-order valence-corrected chi connectivity index (χ4v) is 2.82. The molecular weight excluding hydrogens is 264 g/mol. The minimum atomic E-state index is -0.0753. The van der Waals surface area contributed by atoms with Crippen LogP contribution in [0.15, 0.2) is 24.3 Å². The summed E-state index contributed by atoms with van der Waals surface area (Å²) in [5.41, 5.74) is 1.11. The number of nitrogens with zero attached hydrogens (tertiary/aromatic N) is 1. The number of rotatable bonds is 6. The van der Waals surface area contributed by atoms with Crippen molar-refractivity contribution < 1.29 is 9.53 Å². The van der Waals surface area contributed by atoms with Crippen LogP contribution in [0, 0.1) is 5.92 Å². The maximum atomic E-state index is 12.6. The van der Waals surface area contributed by atoms with E-state index in [0.29, 0.717) is 5.92 Å². The summed E-state index contributed by atoms with van der Waals surface area (Å²) in [5.74, 6) is 1.41. The zero-order valence-electron chi connectivity index (χ0n) is 13.4. The van der Waals surface area contributed by atoms with E-state index in [9.17, 15) is 4.79 Å². The normalized spacial score (nSPS) is 23.4. The average Bonchev–Trinajstić information content (AvgIpc) is 2.84. The number of ether oxygens (including phenoxy) is 1. The van der Waals surface area contributed by atoms with Gasteiger partial charge in [0.1, 0.15) is 11.9 Å². The topological polar surface area (TPSA) is 41.6 Å². The van der Waals surface area contributed by atoms with Crippen LogP contribution < -0.4 is 10.1 Å². The first-order valence-corrected chi connectivity index (χ1v) is 7.82. The van der Waals surface area contributed by atoms with Gasteiger partial charge in [-0.05, 0) is 30.0 Å². The molecule has 1 N–H and O–H groups in total. The third-order valence-corrected chi connectivity index (χ3v) is 4.31. The third kappa shape index (κ3) is 3.21. The molecule has 1 heterocycles. The van der Waals surface area contributed by atoms with E-state index < -0.39 is 0 Å². The highest BCUT2D eigenvalue weighted by Gasteiger charge is 2.41. The molecule has 1 amide bonds. The minimum absolute atomic E-state index is 0.0256. The Morgan fingerprint density at radius 2 is 1.95 bits per heavy atom. The molecule has 0 aromatic heterocycles. The first kappa shape index (κ1) is 15.8. The molecule has 0 saturated carbocycles. The Hall–Kier alpha value is -1.55. The lowest BCUT2D eigenvalue weighted by Crippen LogP contribution is -2.35. The standard InChI is InChI=1S/C17H26N2O2/c1-5-11-19-16(13-7-9-14(21-4)10-8-13)18-15(17(19)20)12(3)6-2/h7-10,12,15-16,18H,5-6,11H2,1-4H3. The quantitative estimate of drug-likeness (QED) is 0.876. The first-order valence-electron chi connectivity index (χ1n) is 7.82. The van der Waals surface area contributed by atoms with E-state index in [2.05, 4.69) is 26.1 Å². The van der Waals surface area contributed by atoms with Crippen molar-refractivity contribution in [1.29, 1.82) is 0 Å². The van der Waals surface area contributed by atoms with Crippen molar-refractivity contribution in [2.75, 3.05) is 13.7 Å². The summed E-state index contributed by atoms with van der Waals surface area (Å²) in [6.07, 6.45) is 1.94. The van der Waals surface area contributed by atoms with Gasteiger partial charge in [0.05, 0.1) is 13.2 Å². The summed E-state index contributed by atoms with van der Waals surface area (Å²) in [6.45, 7) is 7.16. The molecular formula is C17H26N2O2. The number of carbonyl (C=O) groups excluding carboxylic acids is 1. The summed E-state index contributed by atoms with van der Waals surface area (Å²) in [5, 5.41) is 3.52. The van der Waals surface area contributed by atoms with Crippen LogP contribution in [0.5, 0.6) is 5.75 Å². The van der Waals surface area contributed by atoms with Gasteiger partial charge in [0.25, 0.3) is 0 Å². The monoisotopic (exact) mass is 290 g/mol. The van der Waals surface area contributed by atoms with Crippen molar-refractivity contribution in [3.8, 4) is 5.75 Å². The number of carbonyl (C=O) groups is 1. The summed E-state index contributed by atoms with van der Waals surface area (Å²) < 4.78 is 5.20. The van der Waals surface area contributed by atoms with E-state index in [4.69, 9.17) is 4.74 Å². The number of hydrogen-bond acceptors (Lipinski definition) is 3. The zero-order valence-corrected chi connectivity index (χ0v) is 13.4. The molecule has 1 aromatic rings. The molecule has 4 heteroatoms. The van der Waals surface area contributed by atoms with Gasteiger partial charge >= 0.3 is 0 Å².